The molecule has 1 aliphatic rings. The van der Waals surface area contributed by atoms with Crippen LogP contribution in [-0.4, -0.2) is 18.0 Å². The van der Waals surface area contributed by atoms with Crippen LogP contribution in [0.3, 0.4) is 0 Å². The van der Waals surface area contributed by atoms with E-state index in [2.05, 4.69) is 6.07 Å². The van der Waals surface area contributed by atoms with Crippen molar-refractivity contribution in [2.24, 2.45) is 5.92 Å². The summed E-state index contributed by atoms with van der Waals surface area (Å²) in [6.45, 7) is 5.16. The summed E-state index contributed by atoms with van der Waals surface area (Å²) in [7, 11) is 0. The summed E-state index contributed by atoms with van der Waals surface area (Å²) in [5.41, 5.74) is 0.328. The van der Waals surface area contributed by atoms with Crippen molar-refractivity contribution in [3.63, 3.8) is 0 Å². The molecule has 1 aromatic rings. The second-order valence-corrected chi connectivity index (χ2v) is 5.97. The molecule has 1 aliphatic heterocycles. The zero-order valence-corrected chi connectivity index (χ0v) is 12.9. The molecule has 0 bridgehead atoms. The first kappa shape index (κ1) is 15.3. The first-order chi connectivity index (χ1) is 9.95. The monoisotopic (exact) mass is 304 g/mol. The Balaban J connectivity index is 2.51. The highest BCUT2D eigenvalue weighted by Crippen LogP contribution is 2.41. The van der Waals surface area contributed by atoms with Crippen LogP contribution >= 0.6 is 11.3 Å². The fourth-order valence-electron chi connectivity index (χ4n) is 2.28. The maximum absolute atomic E-state index is 12.4. The zero-order valence-electron chi connectivity index (χ0n) is 12.0. The van der Waals surface area contributed by atoms with Gasteiger partial charge in [-0.1, -0.05) is 6.07 Å². The normalized spacial score (nSPS) is 22.0. The third-order valence-electron chi connectivity index (χ3n) is 3.12. The van der Waals surface area contributed by atoms with Gasteiger partial charge in [-0.2, -0.15) is 5.26 Å². The summed E-state index contributed by atoms with van der Waals surface area (Å²) in [5.74, 6) is -1.62. The van der Waals surface area contributed by atoms with Gasteiger partial charge in [0.15, 0.2) is 0 Å². The molecule has 1 N–H and O–H groups in total. The lowest BCUT2D eigenvalue weighted by Gasteiger charge is -2.29. The Hall–Kier alpha value is -2.13. The van der Waals surface area contributed by atoms with Crippen LogP contribution < -0.4 is 0 Å². The van der Waals surface area contributed by atoms with Gasteiger partial charge in [0.1, 0.15) is 11.7 Å². The summed E-state index contributed by atoms with van der Waals surface area (Å²) in [6.07, 6.45) is -0.260. The van der Waals surface area contributed by atoms with Crippen LogP contribution in [0.25, 0.3) is 0 Å². The molecule has 0 aromatic carbocycles. The number of nitrogens with one attached hydrogen (secondary N) is 1. The van der Waals surface area contributed by atoms with Crippen LogP contribution in [0, 0.1) is 22.7 Å². The molecule has 0 radical (unpaired) electrons. The van der Waals surface area contributed by atoms with E-state index in [0.717, 1.165) is 4.88 Å². The van der Waals surface area contributed by atoms with Crippen LogP contribution in [0.2, 0.25) is 0 Å². The number of allylic oxidation sites excluding steroid dienone is 1. The predicted molar refractivity (Wildman–Crippen MR) is 78.9 cm³/mol. The number of carbonyl (C=O) groups excluding carboxylic acids is 1. The van der Waals surface area contributed by atoms with Gasteiger partial charge in [0.05, 0.1) is 23.7 Å². The molecule has 0 spiro atoms. The zero-order chi connectivity index (χ0) is 15.6. The second kappa shape index (κ2) is 6.10. The SMILES string of the molecule is CC1=C(C(=O)OC(C)C)C(c2cccs2)C(C#N)C(=N)O1. The van der Waals surface area contributed by atoms with Crippen LogP contribution in [0.4, 0.5) is 0 Å². The van der Waals surface area contributed by atoms with Crippen LogP contribution in [-0.2, 0) is 14.3 Å². The molecule has 0 saturated heterocycles. The summed E-state index contributed by atoms with van der Waals surface area (Å²) in [5, 5.41) is 19.1. The van der Waals surface area contributed by atoms with Crippen LogP contribution in [0.15, 0.2) is 28.8 Å². The van der Waals surface area contributed by atoms with Gasteiger partial charge in [0, 0.05) is 4.88 Å². The fraction of sp³-hybridized carbons (Fsp3) is 0.400. The van der Waals surface area contributed by atoms with Gasteiger partial charge in [-0.3, -0.25) is 5.41 Å². The molecular formula is C15H16N2O3S. The summed E-state index contributed by atoms with van der Waals surface area (Å²) < 4.78 is 10.5. The molecule has 0 aliphatic carbocycles. The van der Waals surface area contributed by atoms with E-state index in [9.17, 15) is 10.1 Å². The van der Waals surface area contributed by atoms with Gasteiger partial charge in [-0.25, -0.2) is 4.79 Å². The highest BCUT2D eigenvalue weighted by Gasteiger charge is 2.41. The number of thiophene rings is 1. The van der Waals surface area contributed by atoms with E-state index in [0.29, 0.717) is 11.3 Å². The van der Waals surface area contributed by atoms with E-state index in [4.69, 9.17) is 14.9 Å². The van der Waals surface area contributed by atoms with Crippen molar-refractivity contribution in [2.75, 3.05) is 0 Å². The molecule has 2 heterocycles. The minimum Gasteiger partial charge on any atom is -0.460 e. The van der Waals surface area contributed by atoms with E-state index in [1.807, 2.05) is 17.5 Å². The van der Waals surface area contributed by atoms with E-state index < -0.39 is 17.8 Å². The highest BCUT2D eigenvalue weighted by atomic mass is 32.1. The number of hydrogen-bond acceptors (Lipinski definition) is 6. The van der Waals surface area contributed by atoms with E-state index in [1.165, 1.54) is 11.3 Å². The predicted octanol–water partition coefficient (Wildman–Crippen LogP) is 3.20. The van der Waals surface area contributed by atoms with Crippen molar-refractivity contribution in [1.29, 1.82) is 10.7 Å². The van der Waals surface area contributed by atoms with Gasteiger partial charge >= 0.3 is 5.97 Å². The van der Waals surface area contributed by atoms with Gasteiger partial charge < -0.3 is 9.47 Å². The highest BCUT2D eigenvalue weighted by molar-refractivity contribution is 7.10. The van der Waals surface area contributed by atoms with E-state index in [-0.39, 0.29) is 12.0 Å². The Kier molecular flexibility index (Phi) is 4.43. The van der Waals surface area contributed by atoms with E-state index in [1.54, 1.807) is 20.8 Å². The molecule has 2 atom stereocenters. The third-order valence-corrected chi connectivity index (χ3v) is 4.08. The Labute approximate surface area is 127 Å². The second-order valence-electron chi connectivity index (χ2n) is 4.99. The molecule has 6 heteroatoms. The molecular weight excluding hydrogens is 288 g/mol. The van der Waals surface area contributed by atoms with Gasteiger partial charge in [0.2, 0.25) is 5.90 Å². The van der Waals surface area contributed by atoms with Crippen LogP contribution in [0.1, 0.15) is 31.6 Å². The Bertz CT molecular complexity index is 626. The lowest BCUT2D eigenvalue weighted by Crippen LogP contribution is -2.33. The molecule has 1 aromatic heterocycles. The Morgan fingerprint density at radius 3 is 2.81 bits per heavy atom. The first-order valence-electron chi connectivity index (χ1n) is 6.56. The molecule has 2 unspecified atom stereocenters. The van der Waals surface area contributed by atoms with Crippen molar-refractivity contribution < 1.29 is 14.3 Å². The molecule has 110 valence electrons. The molecule has 0 saturated carbocycles. The number of carbonyl (C=O) groups is 1. The average molecular weight is 304 g/mol. The minimum atomic E-state index is -0.818. The number of hydrogen-bond donors (Lipinski definition) is 1. The third kappa shape index (κ3) is 2.98. The molecule has 0 amide bonds. The number of esters is 1. The molecule has 21 heavy (non-hydrogen) atoms. The molecule has 5 nitrogen and oxygen atoms in total. The van der Waals surface area contributed by atoms with Gasteiger partial charge in [-0.15, -0.1) is 11.3 Å². The fourth-order valence-corrected chi connectivity index (χ4v) is 3.15. The number of nitriles is 1. The molecule has 2 rings (SSSR count). The summed E-state index contributed by atoms with van der Waals surface area (Å²) >= 11 is 1.45. The van der Waals surface area contributed by atoms with Gasteiger partial charge in [0.25, 0.3) is 0 Å². The Morgan fingerprint density at radius 1 is 1.57 bits per heavy atom. The maximum Gasteiger partial charge on any atom is 0.338 e. The van der Waals surface area contributed by atoms with Crippen LogP contribution in [0.5, 0.6) is 0 Å². The lowest BCUT2D eigenvalue weighted by molar-refractivity contribution is -0.143. The van der Waals surface area contributed by atoms with Crippen molar-refractivity contribution in [3.8, 4) is 6.07 Å². The Morgan fingerprint density at radius 2 is 2.29 bits per heavy atom. The summed E-state index contributed by atoms with van der Waals surface area (Å²) in [6, 6.07) is 5.78. The average Bonchev–Trinajstić information content (AvgIpc) is 2.90. The number of nitrogens with zero attached hydrogens (tertiary/aromatic N) is 1. The largest absolute Gasteiger partial charge is 0.460 e. The van der Waals surface area contributed by atoms with Gasteiger partial charge in [-0.05, 0) is 32.2 Å². The number of ether oxygens (including phenoxy) is 2. The van der Waals surface area contributed by atoms with E-state index >= 15 is 0 Å². The topological polar surface area (TPSA) is 83.2 Å². The minimum absolute atomic E-state index is 0.130. The maximum atomic E-state index is 12.4. The summed E-state index contributed by atoms with van der Waals surface area (Å²) in [4.78, 5) is 13.2. The molecule has 0 fully saturated rings. The lowest BCUT2D eigenvalue weighted by atomic mass is 9.82. The standard InChI is InChI=1S/C15H16N2O3S/c1-8(2)19-15(18)12-9(3)20-14(17)10(7-16)13(12)11-5-4-6-21-11/h4-6,8,10,13,17H,1-3H3. The van der Waals surface area contributed by atoms with Crippen molar-refractivity contribution in [2.45, 2.75) is 32.8 Å². The van der Waals surface area contributed by atoms with Crippen molar-refractivity contribution >= 4 is 23.2 Å². The van der Waals surface area contributed by atoms with Crippen molar-refractivity contribution in [3.05, 3.63) is 33.7 Å². The smallest absolute Gasteiger partial charge is 0.338 e. The number of rotatable bonds is 3. The van der Waals surface area contributed by atoms with Crippen molar-refractivity contribution in [1.82, 2.24) is 0 Å². The quantitative estimate of drug-likeness (QED) is 0.869. The first-order valence-corrected chi connectivity index (χ1v) is 7.44.